The summed E-state index contributed by atoms with van der Waals surface area (Å²) in [6.07, 6.45) is 9.83. The van der Waals surface area contributed by atoms with Gasteiger partial charge in [0, 0.05) is 0 Å². The van der Waals surface area contributed by atoms with E-state index in [2.05, 4.69) is 26.2 Å². The molecule has 0 bridgehead atoms. The zero-order chi connectivity index (χ0) is 13.6. The van der Waals surface area contributed by atoms with Crippen molar-refractivity contribution in [3.63, 3.8) is 0 Å². The minimum atomic E-state index is -1.01. The summed E-state index contributed by atoms with van der Waals surface area (Å²) in [5.74, 6) is 5.11. The highest BCUT2D eigenvalue weighted by atomic mass is 28.3. The minimum Gasteiger partial charge on any atom is -0.0685 e. The third-order valence-corrected chi connectivity index (χ3v) is 24.8. The van der Waals surface area contributed by atoms with Gasteiger partial charge in [0.1, 0.15) is 0 Å². The molecule has 7 rings (SSSR count). The van der Waals surface area contributed by atoms with Crippen LogP contribution in [0, 0.1) is 23.7 Å². The van der Waals surface area contributed by atoms with Crippen molar-refractivity contribution < 1.29 is 0 Å². The van der Waals surface area contributed by atoms with E-state index >= 15 is 0 Å². The molecule has 0 aromatic carbocycles. The Hall–Kier alpha value is 0.434. The van der Waals surface area contributed by atoms with Crippen LogP contribution in [0.1, 0.15) is 38.5 Å². The van der Waals surface area contributed by atoms with Gasteiger partial charge in [-0.2, -0.15) is 0 Å². The first kappa shape index (κ1) is 11.0. The fraction of sp³-hybridized carbons (Fsp3) is 1.00. The number of rotatable bonds is 0. The molecule has 1 aliphatic heterocycles. The molecule has 6 saturated carbocycles. The second kappa shape index (κ2) is 2.23. The third-order valence-electron chi connectivity index (χ3n) is 11.5. The highest BCUT2D eigenvalue weighted by Gasteiger charge is 3.20. The van der Waals surface area contributed by atoms with Gasteiger partial charge >= 0.3 is 0 Å². The number of hydrogen-bond donors (Lipinski definition) is 0. The van der Waals surface area contributed by atoms with Crippen LogP contribution in [-0.4, -0.2) is 16.1 Å². The quantitative estimate of drug-likeness (QED) is 0.535. The maximum absolute atomic E-state index is 2.91. The van der Waals surface area contributed by atoms with Crippen molar-refractivity contribution in [2.24, 2.45) is 23.7 Å². The Kier molecular flexibility index (Phi) is 1.23. The molecule has 0 amide bonds. The van der Waals surface area contributed by atoms with Crippen molar-refractivity contribution in [3.8, 4) is 0 Å². The maximum Gasteiger partial charge on any atom is 0.0617 e. The van der Waals surface area contributed by atoms with E-state index in [4.69, 9.17) is 0 Å². The predicted octanol–water partition coefficient (Wildman–Crippen LogP) is 5.27. The molecule has 2 spiro atoms. The van der Waals surface area contributed by atoms with E-state index in [0.29, 0.717) is 0 Å². The van der Waals surface area contributed by atoms with Crippen LogP contribution in [0.25, 0.3) is 0 Å². The molecule has 7 fully saturated rings. The maximum atomic E-state index is 2.91. The van der Waals surface area contributed by atoms with Gasteiger partial charge in [-0.05, 0) is 69.5 Å². The van der Waals surface area contributed by atoms with Crippen LogP contribution >= 0.6 is 0 Å². The molecular formula is C18H28Si2. The van der Waals surface area contributed by atoms with Crippen molar-refractivity contribution in [2.45, 2.75) is 84.9 Å². The van der Waals surface area contributed by atoms with Crippen molar-refractivity contribution >= 4 is 16.1 Å². The molecule has 0 aromatic rings. The van der Waals surface area contributed by atoms with Crippen LogP contribution in [0.5, 0.6) is 0 Å². The SMILES string of the molecule is C[Si]1(C)C23C4CCCC2C43[Si](C)(C)C23C4CCCC2C431. The molecular weight excluding hydrogens is 272 g/mol. The van der Waals surface area contributed by atoms with Crippen LogP contribution in [0.3, 0.4) is 0 Å². The lowest BCUT2D eigenvalue weighted by atomic mass is 9.87. The van der Waals surface area contributed by atoms with Gasteiger partial charge in [-0.3, -0.25) is 0 Å². The Morgan fingerprint density at radius 1 is 0.550 bits per heavy atom. The molecule has 20 heavy (non-hydrogen) atoms. The molecule has 0 N–H and O–H groups in total. The highest BCUT2D eigenvalue weighted by Crippen LogP contribution is 3.28. The predicted molar refractivity (Wildman–Crippen MR) is 87.4 cm³/mol. The van der Waals surface area contributed by atoms with Gasteiger partial charge in [-0.25, -0.2) is 0 Å². The van der Waals surface area contributed by atoms with Gasteiger partial charge in [0.05, 0.1) is 16.1 Å². The normalized spacial score (nSPS) is 77.4. The molecule has 0 unspecified atom stereocenters. The summed E-state index contributed by atoms with van der Waals surface area (Å²) in [6.45, 7) is 11.7. The molecule has 1 saturated heterocycles. The summed E-state index contributed by atoms with van der Waals surface area (Å²) in [7, 11) is -2.03. The van der Waals surface area contributed by atoms with Crippen LogP contribution < -0.4 is 0 Å². The molecule has 7 aliphatic rings. The van der Waals surface area contributed by atoms with Crippen molar-refractivity contribution in [1.82, 2.24) is 0 Å². The Balaban J connectivity index is 1.53. The van der Waals surface area contributed by atoms with E-state index in [9.17, 15) is 0 Å². The van der Waals surface area contributed by atoms with E-state index in [1.165, 1.54) is 23.7 Å². The molecule has 1 heterocycles. The average Bonchev–Trinajstić information content (AvgIpc) is 3.32. The first-order valence-corrected chi connectivity index (χ1v) is 15.4. The molecule has 0 radical (unpaired) electrons. The summed E-state index contributed by atoms with van der Waals surface area (Å²) >= 11 is 0. The third kappa shape index (κ3) is 0.495. The first-order chi connectivity index (χ1) is 9.44. The van der Waals surface area contributed by atoms with E-state index < -0.39 is 16.1 Å². The molecule has 0 aromatic heterocycles. The summed E-state index contributed by atoms with van der Waals surface area (Å²) in [5, 5.41) is 4.16. The number of hydrogen-bond acceptors (Lipinski definition) is 0. The van der Waals surface area contributed by atoms with Crippen LogP contribution in [-0.2, 0) is 0 Å². The van der Waals surface area contributed by atoms with Gasteiger partial charge in [0.15, 0.2) is 0 Å². The lowest BCUT2D eigenvalue weighted by Crippen LogP contribution is -2.44. The highest BCUT2D eigenvalue weighted by molar-refractivity contribution is 7.04. The largest absolute Gasteiger partial charge is 0.0685 e. The summed E-state index contributed by atoms with van der Waals surface area (Å²) in [4.78, 5) is 0. The van der Waals surface area contributed by atoms with Crippen molar-refractivity contribution in [1.29, 1.82) is 0 Å². The standard InChI is InChI=1S/C18H28Si2/c1-19(2)15-11-7-5-8-12(15)17(11,15)20(3,4)18-13-9-6-10-14(18)16(13,18)19/h11-14H,5-10H2,1-4H3. The van der Waals surface area contributed by atoms with Crippen molar-refractivity contribution in [3.05, 3.63) is 0 Å². The molecule has 2 heteroatoms. The van der Waals surface area contributed by atoms with Gasteiger partial charge in [0.2, 0.25) is 0 Å². The topological polar surface area (TPSA) is 0 Å². The summed E-state index contributed by atoms with van der Waals surface area (Å²) in [5.41, 5.74) is 0. The summed E-state index contributed by atoms with van der Waals surface area (Å²) in [6, 6.07) is 0. The second-order valence-corrected chi connectivity index (χ2v) is 20.6. The molecule has 0 atom stereocenters. The van der Waals surface area contributed by atoms with E-state index in [-0.39, 0.29) is 0 Å². The smallest absolute Gasteiger partial charge is 0.0617 e. The fourth-order valence-corrected chi connectivity index (χ4v) is 32.9. The Morgan fingerprint density at radius 2 is 0.800 bits per heavy atom. The monoisotopic (exact) mass is 300 g/mol. The fourth-order valence-electron chi connectivity index (χ4n) is 12.3. The second-order valence-electron chi connectivity index (χ2n) is 10.8. The Bertz CT molecular complexity index is 497. The minimum absolute atomic E-state index is 1.01. The Labute approximate surface area is 125 Å². The lowest BCUT2D eigenvalue weighted by molar-refractivity contribution is 0.305. The average molecular weight is 301 g/mol. The van der Waals surface area contributed by atoms with E-state index in [0.717, 1.165) is 20.2 Å². The lowest BCUT2D eigenvalue weighted by Gasteiger charge is -2.45. The molecule has 108 valence electrons. The van der Waals surface area contributed by atoms with Gasteiger partial charge < -0.3 is 0 Å². The van der Waals surface area contributed by atoms with E-state index in [1.807, 2.05) is 0 Å². The summed E-state index contributed by atoms with van der Waals surface area (Å²) < 4.78 is 0. The first-order valence-electron chi connectivity index (χ1n) is 9.44. The van der Waals surface area contributed by atoms with Crippen molar-refractivity contribution in [2.75, 3.05) is 0 Å². The zero-order valence-corrected chi connectivity index (χ0v) is 15.6. The van der Waals surface area contributed by atoms with Crippen LogP contribution in [0.15, 0.2) is 0 Å². The van der Waals surface area contributed by atoms with Gasteiger partial charge in [-0.1, -0.05) is 39.0 Å². The molecule has 6 aliphatic carbocycles. The van der Waals surface area contributed by atoms with Gasteiger partial charge in [-0.15, -0.1) is 0 Å². The van der Waals surface area contributed by atoms with Gasteiger partial charge in [0.25, 0.3) is 0 Å². The Morgan fingerprint density at radius 3 is 1.05 bits per heavy atom. The van der Waals surface area contributed by atoms with Crippen LogP contribution in [0.2, 0.25) is 46.3 Å². The molecule has 0 nitrogen and oxygen atoms in total. The zero-order valence-electron chi connectivity index (χ0n) is 13.6. The van der Waals surface area contributed by atoms with E-state index in [1.54, 1.807) is 38.5 Å². The van der Waals surface area contributed by atoms with Crippen LogP contribution in [0.4, 0.5) is 0 Å².